The summed E-state index contributed by atoms with van der Waals surface area (Å²) in [4.78, 5) is 0. The topological polar surface area (TPSA) is 0 Å². The number of rotatable bonds is 5. The van der Waals surface area contributed by atoms with Gasteiger partial charge in [-0.15, -0.1) is 13.2 Å². The first kappa shape index (κ1) is 13.1. The highest BCUT2D eigenvalue weighted by Crippen LogP contribution is 2.35. The zero-order valence-corrected chi connectivity index (χ0v) is 11.3. The molecule has 0 aromatic heterocycles. The Labute approximate surface area is 111 Å². The van der Waals surface area contributed by atoms with Crippen molar-refractivity contribution in [2.24, 2.45) is 0 Å². The third-order valence-corrected chi connectivity index (χ3v) is 4.00. The van der Waals surface area contributed by atoms with Crippen LogP contribution >= 0.6 is 0 Å². The minimum atomic E-state index is 0.784. The van der Waals surface area contributed by atoms with Crippen LogP contribution < -0.4 is 0 Å². The highest BCUT2D eigenvalue weighted by Gasteiger charge is 2.17. The van der Waals surface area contributed by atoms with Crippen molar-refractivity contribution in [3.05, 3.63) is 60.2 Å². The van der Waals surface area contributed by atoms with E-state index in [1.54, 1.807) is 5.56 Å². The van der Waals surface area contributed by atoms with Crippen LogP contribution in [0.3, 0.4) is 0 Å². The van der Waals surface area contributed by atoms with Crippen molar-refractivity contribution in [2.45, 2.75) is 50.9 Å². The lowest BCUT2D eigenvalue weighted by molar-refractivity contribution is 0.442. The minimum Gasteiger partial charge on any atom is -0.103 e. The van der Waals surface area contributed by atoms with Gasteiger partial charge < -0.3 is 0 Å². The van der Waals surface area contributed by atoms with Crippen molar-refractivity contribution in [1.29, 1.82) is 0 Å². The van der Waals surface area contributed by atoms with Gasteiger partial charge in [-0.2, -0.15) is 0 Å². The summed E-state index contributed by atoms with van der Waals surface area (Å²) >= 11 is 0. The van der Waals surface area contributed by atoms with E-state index in [0.29, 0.717) is 0 Å². The molecule has 0 radical (unpaired) electrons. The van der Waals surface area contributed by atoms with E-state index in [4.69, 9.17) is 0 Å². The van der Waals surface area contributed by atoms with Gasteiger partial charge in [0.2, 0.25) is 0 Å². The van der Waals surface area contributed by atoms with Crippen LogP contribution in [0.2, 0.25) is 0 Å². The second-order valence-electron chi connectivity index (χ2n) is 5.35. The van der Waals surface area contributed by atoms with E-state index in [2.05, 4.69) is 31.4 Å². The van der Waals surface area contributed by atoms with Gasteiger partial charge >= 0.3 is 0 Å². The van der Waals surface area contributed by atoms with E-state index in [-0.39, 0.29) is 0 Å². The van der Waals surface area contributed by atoms with E-state index in [9.17, 15) is 0 Å². The van der Waals surface area contributed by atoms with Crippen LogP contribution in [-0.2, 0) is 12.8 Å². The number of allylic oxidation sites excluding steroid dienone is 2. The van der Waals surface area contributed by atoms with Gasteiger partial charge in [0.25, 0.3) is 0 Å². The van der Waals surface area contributed by atoms with Gasteiger partial charge in [0, 0.05) is 0 Å². The van der Waals surface area contributed by atoms with Crippen LogP contribution in [-0.4, -0.2) is 0 Å². The third-order valence-electron chi connectivity index (χ3n) is 4.00. The number of hydrogen-bond donors (Lipinski definition) is 0. The van der Waals surface area contributed by atoms with E-state index in [1.165, 1.54) is 43.2 Å². The van der Waals surface area contributed by atoms with Crippen molar-refractivity contribution in [1.82, 2.24) is 0 Å². The number of hydrogen-bond acceptors (Lipinski definition) is 0. The first-order valence-electron chi connectivity index (χ1n) is 7.18. The molecule has 0 spiro atoms. The lowest BCUT2D eigenvalue weighted by Crippen LogP contribution is -2.07. The van der Waals surface area contributed by atoms with Gasteiger partial charge in [0.1, 0.15) is 0 Å². The summed E-state index contributed by atoms with van der Waals surface area (Å²) in [5.74, 6) is 0.784. The largest absolute Gasteiger partial charge is 0.103 e. The van der Waals surface area contributed by atoms with Gasteiger partial charge in [-0.1, -0.05) is 49.6 Å². The molecule has 0 saturated heterocycles. The average molecular weight is 240 g/mol. The summed E-state index contributed by atoms with van der Waals surface area (Å²) in [6.45, 7) is 7.72. The SMILES string of the molecule is C=CCc1ccc(C2CCCCC2)c(CC=C)c1. The number of benzene rings is 1. The highest BCUT2D eigenvalue weighted by molar-refractivity contribution is 5.36. The van der Waals surface area contributed by atoms with Gasteiger partial charge in [-0.3, -0.25) is 0 Å². The highest BCUT2D eigenvalue weighted by atomic mass is 14.2. The van der Waals surface area contributed by atoms with Gasteiger partial charge in [-0.05, 0) is 48.3 Å². The molecular weight excluding hydrogens is 216 g/mol. The minimum absolute atomic E-state index is 0.784. The molecule has 1 aromatic rings. The standard InChI is InChI=1S/C18H24/c1-3-8-15-12-13-18(17(14-15)9-4-2)16-10-6-5-7-11-16/h3-4,12-14,16H,1-2,5-11H2. The molecule has 0 nitrogen and oxygen atoms in total. The Bertz CT molecular complexity index is 408. The maximum atomic E-state index is 3.90. The quantitative estimate of drug-likeness (QED) is 0.621. The maximum Gasteiger partial charge on any atom is -0.00972 e. The molecule has 0 heterocycles. The fraction of sp³-hybridized carbons (Fsp3) is 0.444. The third kappa shape index (κ3) is 3.13. The second kappa shape index (κ2) is 6.58. The zero-order valence-electron chi connectivity index (χ0n) is 11.3. The molecule has 0 N–H and O–H groups in total. The summed E-state index contributed by atoms with van der Waals surface area (Å²) in [6.07, 6.45) is 12.9. The normalized spacial score (nSPS) is 16.4. The van der Waals surface area contributed by atoms with Crippen LogP contribution in [0.5, 0.6) is 0 Å². The van der Waals surface area contributed by atoms with Gasteiger partial charge in [-0.25, -0.2) is 0 Å². The molecule has 1 aromatic carbocycles. The van der Waals surface area contributed by atoms with Crippen LogP contribution in [0.1, 0.15) is 54.7 Å². The molecule has 0 aliphatic heterocycles. The molecule has 18 heavy (non-hydrogen) atoms. The molecule has 0 heteroatoms. The summed E-state index contributed by atoms with van der Waals surface area (Å²) in [6, 6.07) is 6.99. The Hall–Kier alpha value is -1.30. The Balaban J connectivity index is 2.26. The van der Waals surface area contributed by atoms with Crippen LogP contribution in [0.25, 0.3) is 0 Å². The van der Waals surface area contributed by atoms with Crippen LogP contribution in [0, 0.1) is 0 Å². The van der Waals surface area contributed by atoms with Gasteiger partial charge in [0.05, 0.1) is 0 Å². The van der Waals surface area contributed by atoms with Crippen molar-refractivity contribution >= 4 is 0 Å². The Morgan fingerprint density at radius 2 is 1.72 bits per heavy atom. The Morgan fingerprint density at radius 1 is 1.00 bits per heavy atom. The van der Waals surface area contributed by atoms with E-state index in [0.717, 1.165) is 18.8 Å². The van der Waals surface area contributed by atoms with Crippen LogP contribution in [0.15, 0.2) is 43.5 Å². The van der Waals surface area contributed by atoms with Crippen molar-refractivity contribution in [2.75, 3.05) is 0 Å². The Kier molecular flexibility index (Phi) is 4.81. The molecule has 1 saturated carbocycles. The molecule has 1 aliphatic carbocycles. The molecule has 96 valence electrons. The van der Waals surface area contributed by atoms with Crippen molar-refractivity contribution in [3.8, 4) is 0 Å². The predicted molar refractivity (Wildman–Crippen MR) is 80.1 cm³/mol. The molecule has 1 aliphatic rings. The van der Waals surface area contributed by atoms with Crippen LogP contribution in [0.4, 0.5) is 0 Å². The molecule has 1 fully saturated rings. The Morgan fingerprint density at radius 3 is 2.39 bits per heavy atom. The molecule has 0 unspecified atom stereocenters. The smallest absolute Gasteiger partial charge is 0.00972 e. The lowest BCUT2D eigenvalue weighted by Gasteiger charge is -2.24. The molecule has 2 rings (SSSR count). The first-order valence-corrected chi connectivity index (χ1v) is 7.18. The maximum absolute atomic E-state index is 3.90. The van der Waals surface area contributed by atoms with E-state index in [1.807, 2.05) is 12.2 Å². The monoisotopic (exact) mass is 240 g/mol. The lowest BCUT2D eigenvalue weighted by atomic mass is 9.81. The zero-order chi connectivity index (χ0) is 12.8. The molecular formula is C18H24. The molecule has 0 atom stereocenters. The summed E-state index contributed by atoms with van der Waals surface area (Å²) in [5, 5.41) is 0. The fourth-order valence-electron chi connectivity index (χ4n) is 3.10. The van der Waals surface area contributed by atoms with E-state index >= 15 is 0 Å². The second-order valence-corrected chi connectivity index (χ2v) is 5.35. The van der Waals surface area contributed by atoms with Gasteiger partial charge in [0.15, 0.2) is 0 Å². The fourth-order valence-corrected chi connectivity index (χ4v) is 3.10. The molecule has 0 bridgehead atoms. The summed E-state index contributed by atoms with van der Waals surface area (Å²) in [7, 11) is 0. The summed E-state index contributed by atoms with van der Waals surface area (Å²) in [5.41, 5.74) is 4.43. The summed E-state index contributed by atoms with van der Waals surface area (Å²) < 4.78 is 0. The first-order chi connectivity index (χ1) is 8.85. The van der Waals surface area contributed by atoms with Crippen molar-refractivity contribution in [3.63, 3.8) is 0 Å². The predicted octanol–water partition coefficient (Wildman–Crippen LogP) is 5.19. The van der Waals surface area contributed by atoms with Crippen molar-refractivity contribution < 1.29 is 0 Å². The van der Waals surface area contributed by atoms with E-state index < -0.39 is 0 Å². The average Bonchev–Trinajstić information content (AvgIpc) is 2.41. The molecule has 0 amide bonds.